The molecule has 114 valence electrons. The van der Waals surface area contributed by atoms with Gasteiger partial charge < -0.3 is 15.3 Å². The highest BCUT2D eigenvalue weighted by Crippen LogP contribution is 2.31. The van der Waals surface area contributed by atoms with Crippen molar-refractivity contribution in [1.29, 1.82) is 0 Å². The summed E-state index contributed by atoms with van der Waals surface area (Å²) in [5.41, 5.74) is -0.663. The SMILES string of the molecule is CC1(C(=O)O)CCN(C(=O)Nc2ccc(F)c(F)c2)CC1. The summed E-state index contributed by atoms with van der Waals surface area (Å²) in [5.74, 6) is -2.89. The second-order valence-corrected chi connectivity index (χ2v) is 5.41. The van der Waals surface area contributed by atoms with Crippen LogP contribution in [0.1, 0.15) is 19.8 Å². The number of anilines is 1. The molecule has 1 aromatic carbocycles. The number of carboxylic acid groups (broad SMARTS) is 1. The van der Waals surface area contributed by atoms with E-state index in [9.17, 15) is 18.4 Å². The van der Waals surface area contributed by atoms with Crippen LogP contribution in [-0.2, 0) is 4.79 Å². The Morgan fingerprint density at radius 2 is 1.86 bits per heavy atom. The number of carbonyl (C=O) groups excluding carboxylic acids is 1. The van der Waals surface area contributed by atoms with E-state index < -0.39 is 29.0 Å². The molecule has 1 aliphatic rings. The number of nitrogens with zero attached hydrogens (tertiary/aromatic N) is 1. The zero-order valence-corrected chi connectivity index (χ0v) is 11.5. The molecule has 21 heavy (non-hydrogen) atoms. The van der Waals surface area contributed by atoms with Crippen LogP contribution >= 0.6 is 0 Å². The molecule has 5 nitrogen and oxygen atoms in total. The second-order valence-electron chi connectivity index (χ2n) is 5.41. The quantitative estimate of drug-likeness (QED) is 0.882. The molecule has 1 fully saturated rings. The monoisotopic (exact) mass is 298 g/mol. The number of aliphatic carboxylic acids is 1. The number of nitrogens with one attached hydrogen (secondary N) is 1. The minimum absolute atomic E-state index is 0.158. The summed E-state index contributed by atoms with van der Waals surface area (Å²) in [6, 6.07) is 2.65. The fourth-order valence-electron chi connectivity index (χ4n) is 2.19. The van der Waals surface area contributed by atoms with E-state index in [2.05, 4.69) is 5.32 Å². The van der Waals surface area contributed by atoms with E-state index in [0.717, 1.165) is 12.1 Å². The third kappa shape index (κ3) is 3.29. The summed E-state index contributed by atoms with van der Waals surface area (Å²) < 4.78 is 25.9. The highest BCUT2D eigenvalue weighted by molar-refractivity contribution is 5.89. The van der Waals surface area contributed by atoms with Crippen molar-refractivity contribution in [3.63, 3.8) is 0 Å². The Balaban J connectivity index is 1.96. The van der Waals surface area contributed by atoms with Crippen LogP contribution in [0.4, 0.5) is 19.3 Å². The normalized spacial score (nSPS) is 17.4. The van der Waals surface area contributed by atoms with Gasteiger partial charge in [0, 0.05) is 24.8 Å². The van der Waals surface area contributed by atoms with Crippen LogP contribution < -0.4 is 5.32 Å². The van der Waals surface area contributed by atoms with E-state index in [1.54, 1.807) is 6.92 Å². The molecule has 0 radical (unpaired) electrons. The van der Waals surface area contributed by atoms with E-state index >= 15 is 0 Å². The molecule has 1 aliphatic heterocycles. The van der Waals surface area contributed by atoms with Gasteiger partial charge in [-0.2, -0.15) is 0 Å². The fourth-order valence-corrected chi connectivity index (χ4v) is 2.19. The Bertz CT molecular complexity index is 569. The number of hydrogen-bond donors (Lipinski definition) is 2. The van der Waals surface area contributed by atoms with E-state index in [-0.39, 0.29) is 5.69 Å². The van der Waals surface area contributed by atoms with Gasteiger partial charge in [0.15, 0.2) is 11.6 Å². The first-order valence-electron chi connectivity index (χ1n) is 6.56. The molecule has 0 aromatic heterocycles. The molecule has 2 rings (SSSR count). The van der Waals surface area contributed by atoms with Crippen LogP contribution in [0.5, 0.6) is 0 Å². The number of amides is 2. The van der Waals surface area contributed by atoms with Crippen molar-refractivity contribution in [2.45, 2.75) is 19.8 Å². The van der Waals surface area contributed by atoms with Crippen LogP contribution in [0.25, 0.3) is 0 Å². The number of likely N-dealkylation sites (tertiary alicyclic amines) is 1. The second kappa shape index (κ2) is 5.67. The maximum atomic E-state index is 13.1. The number of halogens is 2. The lowest BCUT2D eigenvalue weighted by Gasteiger charge is -2.36. The molecule has 2 N–H and O–H groups in total. The first-order chi connectivity index (χ1) is 9.82. The van der Waals surface area contributed by atoms with E-state index in [1.807, 2.05) is 0 Å². The maximum absolute atomic E-state index is 13.1. The number of rotatable bonds is 2. The third-order valence-electron chi connectivity index (χ3n) is 3.84. The standard InChI is InChI=1S/C14H16F2N2O3/c1-14(12(19)20)4-6-18(7-5-14)13(21)17-9-2-3-10(15)11(16)8-9/h2-3,8H,4-7H2,1H3,(H,17,21)(H,19,20). The third-order valence-corrected chi connectivity index (χ3v) is 3.84. The zero-order chi connectivity index (χ0) is 15.6. The van der Waals surface area contributed by atoms with Crippen LogP contribution in [0.15, 0.2) is 18.2 Å². The van der Waals surface area contributed by atoms with Crippen molar-refractivity contribution >= 4 is 17.7 Å². The molecule has 1 saturated heterocycles. The molecule has 2 amide bonds. The van der Waals surface area contributed by atoms with Crippen molar-refractivity contribution in [2.24, 2.45) is 5.41 Å². The van der Waals surface area contributed by atoms with Crippen molar-refractivity contribution in [1.82, 2.24) is 4.90 Å². The Hall–Kier alpha value is -2.18. The molecule has 0 spiro atoms. The smallest absolute Gasteiger partial charge is 0.321 e. The Morgan fingerprint density at radius 1 is 1.24 bits per heavy atom. The van der Waals surface area contributed by atoms with Gasteiger partial charge in [0.2, 0.25) is 0 Å². The number of carboxylic acids is 1. The molecule has 0 bridgehead atoms. The summed E-state index contributed by atoms with van der Waals surface area (Å²) in [6.07, 6.45) is 0.709. The zero-order valence-electron chi connectivity index (χ0n) is 11.5. The summed E-state index contributed by atoms with van der Waals surface area (Å²) in [6.45, 7) is 2.26. The number of carbonyl (C=O) groups is 2. The van der Waals surface area contributed by atoms with Gasteiger partial charge in [-0.3, -0.25) is 4.79 Å². The molecule has 0 saturated carbocycles. The lowest BCUT2D eigenvalue weighted by Crippen LogP contribution is -2.46. The molecular formula is C14H16F2N2O3. The first-order valence-corrected chi connectivity index (χ1v) is 6.56. The van der Waals surface area contributed by atoms with Crippen molar-refractivity contribution in [3.8, 4) is 0 Å². The average molecular weight is 298 g/mol. The van der Waals surface area contributed by atoms with Crippen LogP contribution in [0, 0.1) is 17.0 Å². The van der Waals surface area contributed by atoms with Crippen LogP contribution in [0.2, 0.25) is 0 Å². The van der Waals surface area contributed by atoms with E-state index in [0.29, 0.717) is 25.9 Å². The van der Waals surface area contributed by atoms with Crippen LogP contribution in [0.3, 0.4) is 0 Å². The maximum Gasteiger partial charge on any atom is 0.321 e. The van der Waals surface area contributed by atoms with Gasteiger partial charge in [0.05, 0.1) is 5.41 Å². The lowest BCUT2D eigenvalue weighted by atomic mass is 9.80. The Kier molecular flexibility index (Phi) is 4.11. The van der Waals surface area contributed by atoms with Crippen molar-refractivity contribution in [3.05, 3.63) is 29.8 Å². The summed E-state index contributed by atoms with van der Waals surface area (Å²) in [4.78, 5) is 24.6. The Morgan fingerprint density at radius 3 is 2.38 bits per heavy atom. The van der Waals surface area contributed by atoms with Gasteiger partial charge in [-0.05, 0) is 31.9 Å². The highest BCUT2D eigenvalue weighted by Gasteiger charge is 2.38. The van der Waals surface area contributed by atoms with Gasteiger partial charge >= 0.3 is 12.0 Å². The van der Waals surface area contributed by atoms with Gasteiger partial charge in [-0.1, -0.05) is 0 Å². The fraction of sp³-hybridized carbons (Fsp3) is 0.429. The highest BCUT2D eigenvalue weighted by atomic mass is 19.2. The molecule has 0 unspecified atom stereocenters. The van der Waals surface area contributed by atoms with Gasteiger partial charge in [-0.25, -0.2) is 13.6 Å². The van der Waals surface area contributed by atoms with Gasteiger partial charge in [-0.15, -0.1) is 0 Å². The lowest BCUT2D eigenvalue weighted by molar-refractivity contribution is -0.150. The van der Waals surface area contributed by atoms with Crippen LogP contribution in [-0.4, -0.2) is 35.1 Å². The molecule has 0 aliphatic carbocycles. The molecule has 7 heteroatoms. The molecule has 1 heterocycles. The largest absolute Gasteiger partial charge is 0.481 e. The first kappa shape index (κ1) is 15.2. The van der Waals surface area contributed by atoms with Crippen molar-refractivity contribution in [2.75, 3.05) is 18.4 Å². The summed E-state index contributed by atoms with van der Waals surface area (Å²) in [5, 5.41) is 11.6. The predicted molar refractivity (Wildman–Crippen MR) is 71.9 cm³/mol. The van der Waals surface area contributed by atoms with Gasteiger partial charge in [0.1, 0.15) is 0 Å². The minimum atomic E-state index is -1.04. The van der Waals surface area contributed by atoms with E-state index in [1.165, 1.54) is 11.0 Å². The Labute approximate surface area is 120 Å². The number of piperidine rings is 1. The summed E-state index contributed by atoms with van der Waals surface area (Å²) >= 11 is 0. The predicted octanol–water partition coefficient (Wildman–Crippen LogP) is 2.68. The average Bonchev–Trinajstić information content (AvgIpc) is 2.43. The van der Waals surface area contributed by atoms with E-state index in [4.69, 9.17) is 5.11 Å². The molecule has 0 atom stereocenters. The topological polar surface area (TPSA) is 69.6 Å². The number of hydrogen-bond acceptors (Lipinski definition) is 2. The molecular weight excluding hydrogens is 282 g/mol. The number of benzene rings is 1. The van der Waals surface area contributed by atoms with Gasteiger partial charge in [0.25, 0.3) is 0 Å². The molecule has 1 aromatic rings. The number of urea groups is 1. The summed E-state index contributed by atoms with van der Waals surface area (Å²) in [7, 11) is 0. The van der Waals surface area contributed by atoms with Crippen molar-refractivity contribution < 1.29 is 23.5 Å². The minimum Gasteiger partial charge on any atom is -0.481 e.